The minimum Gasteiger partial charge on any atom is -0.384 e. The Bertz CT molecular complexity index is 778. The second-order valence-corrected chi connectivity index (χ2v) is 7.36. The number of carbonyl (C=O) groups excluding carboxylic acids is 1. The molecule has 2 aromatic rings. The summed E-state index contributed by atoms with van der Waals surface area (Å²) >= 11 is 0. The van der Waals surface area contributed by atoms with Crippen LogP contribution in [0.15, 0.2) is 66.2 Å². The topological polar surface area (TPSA) is 37.3 Å². The SMILES string of the molecule is O=C1CCC[C@@H]2/C(=C/c3ccccc3)CC[C@](O)(c3ccccc3)[C@@H]12. The molecular formula is C23H24O2. The predicted molar refractivity (Wildman–Crippen MR) is 99.8 cm³/mol. The van der Waals surface area contributed by atoms with Crippen LogP contribution in [-0.4, -0.2) is 10.9 Å². The molecule has 0 aliphatic heterocycles. The van der Waals surface area contributed by atoms with E-state index in [1.54, 1.807) is 0 Å². The van der Waals surface area contributed by atoms with Gasteiger partial charge in [0, 0.05) is 6.42 Å². The van der Waals surface area contributed by atoms with E-state index < -0.39 is 5.60 Å². The monoisotopic (exact) mass is 332 g/mol. The molecule has 0 amide bonds. The molecule has 0 saturated heterocycles. The highest BCUT2D eigenvalue weighted by Crippen LogP contribution is 2.51. The zero-order valence-electron chi connectivity index (χ0n) is 14.4. The van der Waals surface area contributed by atoms with Gasteiger partial charge >= 0.3 is 0 Å². The Morgan fingerprint density at radius 2 is 1.64 bits per heavy atom. The number of benzene rings is 2. The van der Waals surface area contributed by atoms with Crippen LogP contribution in [0.2, 0.25) is 0 Å². The van der Waals surface area contributed by atoms with E-state index in [1.807, 2.05) is 48.5 Å². The number of ketones is 1. The second kappa shape index (κ2) is 6.61. The molecule has 2 heteroatoms. The van der Waals surface area contributed by atoms with Crippen LogP contribution >= 0.6 is 0 Å². The Balaban J connectivity index is 1.74. The number of hydrogen-bond acceptors (Lipinski definition) is 2. The minimum atomic E-state index is -1.03. The molecule has 2 saturated carbocycles. The molecule has 0 bridgehead atoms. The molecule has 1 N–H and O–H groups in total. The van der Waals surface area contributed by atoms with Gasteiger partial charge in [0.15, 0.2) is 0 Å². The first-order valence-corrected chi connectivity index (χ1v) is 9.24. The van der Waals surface area contributed by atoms with Gasteiger partial charge in [0.05, 0.1) is 5.92 Å². The molecule has 0 spiro atoms. The van der Waals surface area contributed by atoms with Crippen molar-refractivity contribution in [3.05, 3.63) is 77.4 Å². The van der Waals surface area contributed by atoms with Gasteiger partial charge in [-0.15, -0.1) is 0 Å². The smallest absolute Gasteiger partial charge is 0.139 e. The van der Waals surface area contributed by atoms with Gasteiger partial charge < -0.3 is 5.11 Å². The fourth-order valence-electron chi connectivity index (χ4n) is 4.71. The molecule has 2 aliphatic rings. The van der Waals surface area contributed by atoms with Crippen LogP contribution in [0.25, 0.3) is 6.08 Å². The van der Waals surface area contributed by atoms with E-state index in [4.69, 9.17) is 0 Å². The minimum absolute atomic E-state index is 0.153. The summed E-state index contributed by atoms with van der Waals surface area (Å²) in [4.78, 5) is 12.8. The summed E-state index contributed by atoms with van der Waals surface area (Å²) in [7, 11) is 0. The van der Waals surface area contributed by atoms with Crippen molar-refractivity contribution in [1.82, 2.24) is 0 Å². The van der Waals surface area contributed by atoms with Crippen LogP contribution in [0, 0.1) is 11.8 Å². The second-order valence-electron chi connectivity index (χ2n) is 7.36. The summed E-state index contributed by atoms with van der Waals surface area (Å²) in [5.74, 6) is 0.0639. The quantitative estimate of drug-likeness (QED) is 0.862. The van der Waals surface area contributed by atoms with E-state index in [2.05, 4.69) is 18.2 Å². The highest BCUT2D eigenvalue weighted by Gasteiger charge is 2.51. The molecule has 4 rings (SSSR count). The average Bonchev–Trinajstić information content (AvgIpc) is 2.66. The maximum atomic E-state index is 12.8. The summed E-state index contributed by atoms with van der Waals surface area (Å²) in [5, 5.41) is 11.5. The first kappa shape index (κ1) is 16.3. The van der Waals surface area contributed by atoms with Crippen LogP contribution < -0.4 is 0 Å². The lowest BCUT2D eigenvalue weighted by atomic mass is 9.58. The summed E-state index contributed by atoms with van der Waals surface area (Å²) in [5.41, 5.74) is 2.36. The summed E-state index contributed by atoms with van der Waals surface area (Å²) in [6.45, 7) is 0. The highest BCUT2D eigenvalue weighted by atomic mass is 16.3. The van der Waals surface area contributed by atoms with Crippen LogP contribution in [0.1, 0.15) is 43.2 Å². The van der Waals surface area contributed by atoms with Crippen molar-refractivity contribution < 1.29 is 9.90 Å². The average molecular weight is 332 g/mol. The Morgan fingerprint density at radius 3 is 2.36 bits per heavy atom. The predicted octanol–water partition coefficient (Wildman–Crippen LogP) is 4.74. The van der Waals surface area contributed by atoms with Gasteiger partial charge in [0.1, 0.15) is 11.4 Å². The summed E-state index contributed by atoms with van der Waals surface area (Å²) in [6.07, 6.45) is 6.20. The number of aliphatic hydroxyl groups is 1. The van der Waals surface area contributed by atoms with Gasteiger partial charge in [-0.1, -0.05) is 72.3 Å². The molecule has 2 aliphatic carbocycles. The first-order valence-electron chi connectivity index (χ1n) is 9.24. The number of carbonyl (C=O) groups is 1. The van der Waals surface area contributed by atoms with Crippen molar-refractivity contribution in [2.75, 3.05) is 0 Å². The lowest BCUT2D eigenvalue weighted by Crippen LogP contribution is -2.49. The van der Waals surface area contributed by atoms with Gasteiger partial charge in [0.2, 0.25) is 0 Å². The largest absolute Gasteiger partial charge is 0.384 e. The van der Waals surface area contributed by atoms with E-state index in [1.165, 1.54) is 11.1 Å². The van der Waals surface area contributed by atoms with Crippen molar-refractivity contribution >= 4 is 11.9 Å². The Hall–Kier alpha value is -2.19. The maximum absolute atomic E-state index is 12.8. The third-order valence-electron chi connectivity index (χ3n) is 5.90. The zero-order valence-corrected chi connectivity index (χ0v) is 14.4. The van der Waals surface area contributed by atoms with Crippen molar-refractivity contribution in [3.63, 3.8) is 0 Å². The first-order chi connectivity index (χ1) is 12.2. The molecule has 0 radical (unpaired) electrons. The number of hydrogen-bond donors (Lipinski definition) is 1. The Kier molecular flexibility index (Phi) is 4.30. The normalized spacial score (nSPS) is 30.9. The summed E-state index contributed by atoms with van der Waals surface area (Å²) < 4.78 is 0. The molecule has 0 unspecified atom stereocenters. The zero-order chi connectivity index (χ0) is 17.3. The lowest BCUT2D eigenvalue weighted by molar-refractivity contribution is -0.144. The number of allylic oxidation sites excluding steroid dienone is 1. The number of rotatable bonds is 2. The van der Waals surface area contributed by atoms with Gasteiger partial charge in [0.25, 0.3) is 0 Å². The van der Waals surface area contributed by atoms with Gasteiger partial charge in [-0.3, -0.25) is 4.79 Å². The Morgan fingerprint density at radius 1 is 0.960 bits per heavy atom. The summed E-state index contributed by atoms with van der Waals surface area (Å²) in [6, 6.07) is 20.1. The van der Waals surface area contributed by atoms with Crippen LogP contribution in [0.3, 0.4) is 0 Å². The van der Waals surface area contributed by atoms with Crippen molar-refractivity contribution in [1.29, 1.82) is 0 Å². The van der Waals surface area contributed by atoms with E-state index in [9.17, 15) is 9.90 Å². The van der Waals surface area contributed by atoms with Gasteiger partial charge in [-0.05, 0) is 42.7 Å². The van der Waals surface area contributed by atoms with Crippen LogP contribution in [0.4, 0.5) is 0 Å². The Labute approximate surface area is 149 Å². The maximum Gasteiger partial charge on any atom is 0.139 e. The third-order valence-corrected chi connectivity index (χ3v) is 5.90. The molecule has 25 heavy (non-hydrogen) atoms. The number of fused-ring (bicyclic) bond motifs is 1. The van der Waals surface area contributed by atoms with Gasteiger partial charge in [-0.2, -0.15) is 0 Å². The van der Waals surface area contributed by atoms with Crippen molar-refractivity contribution in [2.24, 2.45) is 11.8 Å². The van der Waals surface area contributed by atoms with E-state index in [0.717, 1.165) is 24.8 Å². The fourth-order valence-corrected chi connectivity index (χ4v) is 4.71. The van der Waals surface area contributed by atoms with Gasteiger partial charge in [-0.25, -0.2) is 0 Å². The van der Waals surface area contributed by atoms with E-state index >= 15 is 0 Å². The van der Waals surface area contributed by atoms with Crippen LogP contribution in [-0.2, 0) is 10.4 Å². The van der Waals surface area contributed by atoms with E-state index in [0.29, 0.717) is 12.8 Å². The van der Waals surface area contributed by atoms with E-state index in [-0.39, 0.29) is 17.6 Å². The van der Waals surface area contributed by atoms with Crippen LogP contribution in [0.5, 0.6) is 0 Å². The molecule has 3 atom stereocenters. The van der Waals surface area contributed by atoms with Crippen molar-refractivity contribution in [3.8, 4) is 0 Å². The lowest BCUT2D eigenvalue weighted by Gasteiger charge is -2.47. The molecule has 2 aromatic carbocycles. The number of Topliss-reactive ketones (excluding diaryl/α,β-unsaturated/α-hetero) is 1. The molecule has 0 aromatic heterocycles. The standard InChI is InChI=1S/C23H24O2/c24-21-13-7-12-20-18(16-17-8-3-1-4-9-17)14-15-23(25,22(20)21)19-10-5-2-6-11-19/h1-6,8-11,16,20,22,25H,7,12-15H2/b18-16+/t20-,22-,23+/m1/s1. The molecule has 2 nitrogen and oxygen atoms in total. The molecule has 0 heterocycles. The third kappa shape index (κ3) is 2.96. The fraction of sp³-hybridized carbons (Fsp3) is 0.348. The molecule has 2 fully saturated rings. The highest BCUT2D eigenvalue weighted by molar-refractivity contribution is 5.84. The molecular weight excluding hydrogens is 308 g/mol. The molecule has 128 valence electrons. The van der Waals surface area contributed by atoms with Crippen molar-refractivity contribution in [2.45, 2.75) is 37.7 Å².